The number of nitrogens with one attached hydrogen (secondary N) is 3. The molecule has 0 bridgehead atoms. The Morgan fingerprint density at radius 2 is 1.26 bits per heavy atom. The summed E-state index contributed by atoms with van der Waals surface area (Å²) in [5.41, 5.74) is 6.52. The van der Waals surface area contributed by atoms with Gasteiger partial charge in [-0.2, -0.15) is 0 Å². The van der Waals surface area contributed by atoms with E-state index in [1.807, 2.05) is 84.8 Å². The van der Waals surface area contributed by atoms with Crippen LogP contribution < -0.4 is 5.32 Å². The molecule has 300 valence electrons. The molecule has 3 amide bonds. The number of carbonyl (C=O) groups is 3. The number of H-pyrrole nitrogens is 2. The van der Waals surface area contributed by atoms with E-state index in [4.69, 9.17) is 9.72 Å². The fourth-order valence-electron chi connectivity index (χ4n) is 8.18. The van der Waals surface area contributed by atoms with Gasteiger partial charge in [0.15, 0.2) is 0 Å². The summed E-state index contributed by atoms with van der Waals surface area (Å²) in [6, 6.07) is 24.9. The molecule has 0 spiro atoms. The van der Waals surface area contributed by atoms with E-state index in [1.165, 1.54) is 7.11 Å². The van der Waals surface area contributed by atoms with Crippen LogP contribution in [0.15, 0.2) is 91.3 Å². The first-order chi connectivity index (χ1) is 28.3. The predicted molar refractivity (Wildman–Crippen MR) is 223 cm³/mol. The fourth-order valence-corrected chi connectivity index (χ4v) is 8.18. The largest absolute Gasteiger partial charge is 0.453 e. The standard InChI is InChI=1S/C46H52N8O4/c1-5-36(51-46(57)58-4)44(55)53-27-11-15-39(53)42-47-29-37(49-42)33-23-19-31(20-24-33)17-18-32-21-25-34(26-22-32)38-30-48-43(50-38)40-16-12-28-54(40)45(56)41(52(6-2)7-3)35-13-9-8-10-14-35/h8-10,13-14,19-26,29-30,36,39-41H,5-7,11-12,15-16,27-28H2,1-4H3,(H,47,49)(H,48,50)(H,51,57)/t36-,39-,40-,41+/m0/s1. The lowest BCUT2D eigenvalue weighted by molar-refractivity contribution is -0.138. The van der Waals surface area contributed by atoms with Gasteiger partial charge in [0, 0.05) is 24.2 Å². The number of likely N-dealkylation sites (N-methyl/N-ethyl adjacent to an activating group) is 1. The van der Waals surface area contributed by atoms with Crippen molar-refractivity contribution in [1.29, 1.82) is 0 Å². The van der Waals surface area contributed by atoms with Gasteiger partial charge in [-0.05, 0) is 86.1 Å². The number of hydrogen-bond donors (Lipinski definition) is 3. The first kappa shape index (κ1) is 40.0. The number of amides is 3. The highest BCUT2D eigenvalue weighted by Gasteiger charge is 2.38. The smallest absolute Gasteiger partial charge is 0.407 e. The van der Waals surface area contributed by atoms with Crippen molar-refractivity contribution in [2.45, 2.75) is 77.0 Å². The molecule has 0 unspecified atom stereocenters. The molecule has 2 aliphatic heterocycles. The van der Waals surface area contributed by atoms with Gasteiger partial charge < -0.3 is 29.8 Å². The van der Waals surface area contributed by atoms with Gasteiger partial charge in [-0.3, -0.25) is 14.5 Å². The SMILES string of the molecule is CC[C@H](NC(=O)OC)C(=O)N1CCC[C@H]1c1ncc(-c2ccc(C#Cc3ccc(-c4cnc([C@@H]5CCCN5C(=O)[C@@H](c5ccccc5)N(CC)CC)[nH]4)cc3)cc2)[nH]1. The average molecular weight is 781 g/mol. The maximum Gasteiger partial charge on any atom is 0.407 e. The predicted octanol–water partition coefficient (Wildman–Crippen LogP) is 7.41. The highest BCUT2D eigenvalue weighted by Crippen LogP contribution is 2.36. The van der Waals surface area contributed by atoms with E-state index < -0.39 is 12.1 Å². The van der Waals surface area contributed by atoms with Gasteiger partial charge >= 0.3 is 6.09 Å². The molecule has 2 aromatic heterocycles. The van der Waals surface area contributed by atoms with Crippen molar-refractivity contribution in [3.8, 4) is 34.4 Å². The molecule has 0 radical (unpaired) electrons. The summed E-state index contributed by atoms with van der Waals surface area (Å²) in [5.74, 6) is 8.09. The highest BCUT2D eigenvalue weighted by molar-refractivity contribution is 5.86. The van der Waals surface area contributed by atoms with Gasteiger partial charge in [-0.15, -0.1) is 0 Å². The van der Waals surface area contributed by atoms with Crippen molar-refractivity contribution in [3.63, 3.8) is 0 Å². The molecule has 5 aromatic rings. The summed E-state index contributed by atoms with van der Waals surface area (Å²) < 4.78 is 4.71. The van der Waals surface area contributed by atoms with Crippen LogP contribution in [0.1, 0.15) is 99.3 Å². The zero-order valence-electron chi connectivity index (χ0n) is 33.7. The minimum Gasteiger partial charge on any atom is -0.453 e. The molecule has 12 heteroatoms. The van der Waals surface area contributed by atoms with E-state index in [0.29, 0.717) is 19.5 Å². The lowest BCUT2D eigenvalue weighted by Crippen LogP contribution is -2.48. The molecule has 3 aromatic carbocycles. The van der Waals surface area contributed by atoms with Crippen LogP contribution in [-0.2, 0) is 14.3 Å². The second-order valence-electron chi connectivity index (χ2n) is 14.8. The summed E-state index contributed by atoms with van der Waals surface area (Å²) in [4.78, 5) is 61.7. The van der Waals surface area contributed by atoms with Crippen LogP contribution in [-0.4, -0.2) is 91.9 Å². The molecule has 4 atom stereocenters. The number of hydrogen-bond acceptors (Lipinski definition) is 7. The fraction of sp³-hybridized carbons (Fsp3) is 0.370. The number of ether oxygens (including phenoxy) is 1. The average Bonchev–Trinajstić information content (AvgIpc) is 4.11. The maximum absolute atomic E-state index is 14.2. The second kappa shape index (κ2) is 18.4. The summed E-state index contributed by atoms with van der Waals surface area (Å²) in [6.45, 7) is 8.98. The number of likely N-dealkylation sites (tertiary alicyclic amines) is 2. The van der Waals surface area contributed by atoms with Crippen LogP contribution in [0.5, 0.6) is 0 Å². The number of imidazole rings is 2. The minimum absolute atomic E-state index is 0.0972. The number of nitrogens with zero attached hydrogens (tertiary/aromatic N) is 5. The van der Waals surface area contributed by atoms with Crippen LogP contribution in [0.3, 0.4) is 0 Å². The van der Waals surface area contributed by atoms with Crippen LogP contribution in [0.25, 0.3) is 22.5 Å². The lowest BCUT2D eigenvalue weighted by atomic mass is 10.0. The normalized spacial score (nSPS) is 17.5. The van der Waals surface area contributed by atoms with E-state index in [2.05, 4.69) is 63.0 Å². The number of rotatable bonds is 12. The molecule has 2 aliphatic rings. The Hall–Kier alpha value is -6.19. The number of aromatic nitrogens is 4. The molecule has 2 saturated heterocycles. The van der Waals surface area contributed by atoms with Crippen molar-refractivity contribution < 1.29 is 19.1 Å². The van der Waals surface area contributed by atoms with Crippen molar-refractivity contribution in [2.75, 3.05) is 33.3 Å². The second-order valence-corrected chi connectivity index (χ2v) is 14.8. The van der Waals surface area contributed by atoms with Crippen molar-refractivity contribution in [1.82, 2.24) is 40.0 Å². The molecule has 7 rings (SSSR count). The van der Waals surface area contributed by atoms with Gasteiger partial charge in [0.1, 0.15) is 23.7 Å². The van der Waals surface area contributed by atoms with E-state index in [0.717, 1.165) is 89.6 Å². The Kier molecular flexibility index (Phi) is 12.7. The quantitative estimate of drug-likeness (QED) is 0.112. The van der Waals surface area contributed by atoms with Gasteiger partial charge in [0.05, 0.1) is 43.0 Å². The third-order valence-electron chi connectivity index (χ3n) is 11.3. The van der Waals surface area contributed by atoms with Crippen molar-refractivity contribution in [3.05, 3.63) is 120 Å². The zero-order chi connectivity index (χ0) is 40.6. The van der Waals surface area contributed by atoms with Gasteiger partial charge in [0.25, 0.3) is 0 Å². The molecule has 4 heterocycles. The molecule has 58 heavy (non-hydrogen) atoms. The Bertz CT molecular complexity index is 2230. The van der Waals surface area contributed by atoms with Gasteiger partial charge in [0.2, 0.25) is 11.8 Å². The van der Waals surface area contributed by atoms with Crippen LogP contribution >= 0.6 is 0 Å². The highest BCUT2D eigenvalue weighted by atomic mass is 16.5. The van der Waals surface area contributed by atoms with Crippen LogP contribution in [0.2, 0.25) is 0 Å². The minimum atomic E-state index is -0.650. The lowest BCUT2D eigenvalue weighted by Gasteiger charge is -2.34. The molecular formula is C46H52N8O4. The van der Waals surface area contributed by atoms with Crippen molar-refractivity contribution in [2.24, 2.45) is 0 Å². The summed E-state index contributed by atoms with van der Waals surface area (Å²) in [7, 11) is 1.29. The molecule has 12 nitrogen and oxygen atoms in total. The Labute approximate surface area is 340 Å². The van der Waals surface area contributed by atoms with Gasteiger partial charge in [-0.1, -0.05) is 87.2 Å². The van der Waals surface area contributed by atoms with E-state index in [-0.39, 0.29) is 29.9 Å². The third kappa shape index (κ3) is 8.70. The Morgan fingerprint density at radius 3 is 1.72 bits per heavy atom. The molecule has 0 saturated carbocycles. The number of alkyl carbamates (subject to hydrolysis) is 1. The van der Waals surface area contributed by atoms with Crippen LogP contribution in [0, 0.1) is 11.8 Å². The molecule has 3 N–H and O–H groups in total. The molecule has 0 aliphatic carbocycles. The Balaban J connectivity index is 0.981. The number of benzene rings is 3. The van der Waals surface area contributed by atoms with Crippen molar-refractivity contribution >= 4 is 17.9 Å². The number of carbonyl (C=O) groups excluding carboxylic acids is 3. The third-order valence-corrected chi connectivity index (χ3v) is 11.3. The number of methoxy groups -OCH3 is 1. The summed E-state index contributed by atoms with van der Waals surface area (Å²) in [5, 5.41) is 2.65. The Morgan fingerprint density at radius 1 is 0.759 bits per heavy atom. The monoisotopic (exact) mass is 780 g/mol. The maximum atomic E-state index is 14.2. The molecular weight excluding hydrogens is 729 g/mol. The molecule has 2 fully saturated rings. The number of aromatic amines is 2. The van der Waals surface area contributed by atoms with E-state index in [9.17, 15) is 14.4 Å². The van der Waals surface area contributed by atoms with Crippen LogP contribution in [0.4, 0.5) is 4.79 Å². The topological polar surface area (TPSA) is 140 Å². The van der Waals surface area contributed by atoms with Gasteiger partial charge in [-0.25, -0.2) is 14.8 Å². The summed E-state index contributed by atoms with van der Waals surface area (Å²) in [6.07, 6.45) is 6.96. The zero-order valence-corrected chi connectivity index (χ0v) is 33.7. The van der Waals surface area contributed by atoms with E-state index >= 15 is 0 Å². The first-order valence-corrected chi connectivity index (χ1v) is 20.4. The first-order valence-electron chi connectivity index (χ1n) is 20.4. The van der Waals surface area contributed by atoms with E-state index in [1.54, 1.807) is 11.1 Å². The summed E-state index contributed by atoms with van der Waals surface area (Å²) >= 11 is 0.